The van der Waals surface area contributed by atoms with Crippen LogP contribution in [-0.2, 0) is 0 Å². The number of benzene rings is 1. The summed E-state index contributed by atoms with van der Waals surface area (Å²) in [6, 6.07) is 4.52. The van der Waals surface area contributed by atoms with Gasteiger partial charge in [0.2, 0.25) is 0 Å². The Bertz CT molecular complexity index is 586. The molecule has 0 saturated carbocycles. The number of hydrogen-bond acceptors (Lipinski definition) is 2. The second kappa shape index (κ2) is 6.73. The van der Waals surface area contributed by atoms with Crippen molar-refractivity contribution >= 4 is 5.91 Å². The Morgan fingerprint density at radius 2 is 2.29 bits per heavy atom. The molecule has 2 rings (SSSR count). The molecule has 1 N–H and O–H groups in total. The summed E-state index contributed by atoms with van der Waals surface area (Å²) in [6.07, 6.45) is 1.95. The highest BCUT2D eigenvalue weighted by atomic mass is 19.1. The Morgan fingerprint density at radius 1 is 1.52 bits per heavy atom. The zero-order chi connectivity index (χ0) is 15.4. The van der Waals surface area contributed by atoms with E-state index in [-0.39, 0.29) is 24.1 Å². The predicted octanol–water partition coefficient (Wildman–Crippen LogP) is 2.43. The number of rotatable bonds is 2. The van der Waals surface area contributed by atoms with Crippen molar-refractivity contribution in [2.24, 2.45) is 5.92 Å². The SMILES string of the molecule is CC(C)C1CCCN1C(=O)c1ccc(C#CCO)cc1F. The van der Waals surface area contributed by atoms with Gasteiger partial charge in [-0.25, -0.2) is 4.39 Å². The summed E-state index contributed by atoms with van der Waals surface area (Å²) in [7, 11) is 0. The molecule has 1 saturated heterocycles. The lowest BCUT2D eigenvalue weighted by molar-refractivity contribution is 0.0697. The molecule has 21 heavy (non-hydrogen) atoms. The molecule has 1 aliphatic heterocycles. The highest BCUT2D eigenvalue weighted by molar-refractivity contribution is 5.95. The van der Waals surface area contributed by atoms with Crippen molar-refractivity contribution < 1.29 is 14.3 Å². The van der Waals surface area contributed by atoms with Crippen LogP contribution in [0.4, 0.5) is 4.39 Å². The highest BCUT2D eigenvalue weighted by Crippen LogP contribution is 2.26. The van der Waals surface area contributed by atoms with Gasteiger partial charge in [0.1, 0.15) is 12.4 Å². The first-order valence-electron chi connectivity index (χ1n) is 7.25. The summed E-state index contributed by atoms with van der Waals surface area (Å²) >= 11 is 0. The van der Waals surface area contributed by atoms with Crippen LogP contribution in [0.25, 0.3) is 0 Å². The summed E-state index contributed by atoms with van der Waals surface area (Å²) in [5, 5.41) is 8.64. The smallest absolute Gasteiger partial charge is 0.257 e. The van der Waals surface area contributed by atoms with Gasteiger partial charge < -0.3 is 10.0 Å². The quantitative estimate of drug-likeness (QED) is 0.850. The van der Waals surface area contributed by atoms with Gasteiger partial charge in [0.05, 0.1) is 5.56 Å². The first kappa shape index (κ1) is 15.5. The van der Waals surface area contributed by atoms with Crippen LogP contribution in [0, 0.1) is 23.6 Å². The van der Waals surface area contributed by atoms with E-state index in [0.717, 1.165) is 12.8 Å². The zero-order valence-corrected chi connectivity index (χ0v) is 12.4. The molecule has 1 aromatic rings. The maximum atomic E-state index is 14.1. The van der Waals surface area contributed by atoms with E-state index >= 15 is 0 Å². The molecule has 1 aliphatic rings. The van der Waals surface area contributed by atoms with E-state index in [1.165, 1.54) is 12.1 Å². The summed E-state index contributed by atoms with van der Waals surface area (Å²) in [5.41, 5.74) is 0.553. The van der Waals surface area contributed by atoms with Gasteiger partial charge >= 0.3 is 0 Å². The van der Waals surface area contributed by atoms with Gasteiger partial charge in [-0.3, -0.25) is 4.79 Å². The van der Waals surface area contributed by atoms with Gasteiger partial charge in [-0.1, -0.05) is 25.7 Å². The molecule has 1 unspecified atom stereocenters. The van der Waals surface area contributed by atoms with Crippen LogP contribution in [-0.4, -0.2) is 35.1 Å². The molecular weight excluding hydrogens is 269 g/mol. The number of carbonyl (C=O) groups is 1. The van der Waals surface area contributed by atoms with Crippen LogP contribution in [0.15, 0.2) is 18.2 Å². The standard InChI is InChI=1S/C17H20FNO2/c1-12(2)16-6-3-9-19(16)17(21)14-8-7-13(5-4-10-20)11-15(14)18/h7-8,11-12,16,20H,3,6,9-10H2,1-2H3. The van der Waals surface area contributed by atoms with E-state index in [1.54, 1.807) is 11.0 Å². The average Bonchev–Trinajstić information content (AvgIpc) is 2.94. The van der Waals surface area contributed by atoms with Gasteiger partial charge in [0.25, 0.3) is 5.91 Å². The molecule has 1 aromatic carbocycles. The molecule has 0 bridgehead atoms. The van der Waals surface area contributed by atoms with E-state index < -0.39 is 5.82 Å². The van der Waals surface area contributed by atoms with Crippen molar-refractivity contribution in [2.45, 2.75) is 32.7 Å². The van der Waals surface area contributed by atoms with Gasteiger partial charge in [-0.15, -0.1) is 0 Å². The molecule has 1 fully saturated rings. The van der Waals surface area contributed by atoms with E-state index in [0.29, 0.717) is 18.0 Å². The van der Waals surface area contributed by atoms with E-state index in [4.69, 9.17) is 5.11 Å². The monoisotopic (exact) mass is 289 g/mol. The second-order valence-corrected chi connectivity index (χ2v) is 5.61. The third kappa shape index (κ3) is 3.43. The molecule has 3 nitrogen and oxygen atoms in total. The first-order chi connectivity index (χ1) is 10.0. The van der Waals surface area contributed by atoms with Crippen LogP contribution < -0.4 is 0 Å². The van der Waals surface area contributed by atoms with Gasteiger partial charge in [0, 0.05) is 18.2 Å². The van der Waals surface area contributed by atoms with Crippen LogP contribution in [0.2, 0.25) is 0 Å². The van der Waals surface area contributed by atoms with E-state index in [2.05, 4.69) is 25.7 Å². The predicted molar refractivity (Wildman–Crippen MR) is 79.3 cm³/mol. The molecule has 1 atom stereocenters. The number of aliphatic hydroxyl groups is 1. The molecule has 0 spiro atoms. The zero-order valence-electron chi connectivity index (χ0n) is 12.4. The average molecular weight is 289 g/mol. The third-order valence-electron chi connectivity index (χ3n) is 3.84. The second-order valence-electron chi connectivity index (χ2n) is 5.61. The number of halogens is 1. The third-order valence-corrected chi connectivity index (χ3v) is 3.84. The lowest BCUT2D eigenvalue weighted by atomic mass is 10.0. The lowest BCUT2D eigenvalue weighted by Gasteiger charge is -2.27. The fourth-order valence-electron chi connectivity index (χ4n) is 2.80. The number of amides is 1. The van der Waals surface area contributed by atoms with Crippen LogP contribution in [0.3, 0.4) is 0 Å². The Balaban J connectivity index is 2.23. The number of nitrogens with zero attached hydrogens (tertiary/aromatic N) is 1. The van der Waals surface area contributed by atoms with E-state index in [1.807, 2.05) is 0 Å². The maximum absolute atomic E-state index is 14.1. The molecule has 4 heteroatoms. The largest absolute Gasteiger partial charge is 0.384 e. The van der Waals surface area contributed by atoms with Crippen molar-refractivity contribution in [3.63, 3.8) is 0 Å². The maximum Gasteiger partial charge on any atom is 0.257 e. The van der Waals surface area contributed by atoms with Crippen LogP contribution >= 0.6 is 0 Å². The topological polar surface area (TPSA) is 40.5 Å². The molecule has 0 aromatic heterocycles. The minimum atomic E-state index is -0.556. The van der Waals surface area contributed by atoms with Crippen molar-refractivity contribution in [1.29, 1.82) is 0 Å². The Morgan fingerprint density at radius 3 is 2.90 bits per heavy atom. The molecule has 112 valence electrons. The summed E-state index contributed by atoms with van der Waals surface area (Å²) in [5.74, 6) is 4.66. The summed E-state index contributed by atoms with van der Waals surface area (Å²) in [4.78, 5) is 14.3. The molecule has 1 heterocycles. The van der Waals surface area contributed by atoms with Crippen LogP contribution in [0.5, 0.6) is 0 Å². The highest BCUT2D eigenvalue weighted by Gasteiger charge is 2.32. The Hall–Kier alpha value is -1.86. The number of hydrogen-bond donors (Lipinski definition) is 1. The Labute approximate surface area is 124 Å². The number of likely N-dealkylation sites (tertiary alicyclic amines) is 1. The van der Waals surface area contributed by atoms with E-state index in [9.17, 15) is 9.18 Å². The summed E-state index contributed by atoms with van der Waals surface area (Å²) in [6.45, 7) is 4.58. The van der Waals surface area contributed by atoms with Gasteiger partial charge in [-0.05, 0) is 37.0 Å². The molecule has 0 radical (unpaired) electrons. The fourth-order valence-corrected chi connectivity index (χ4v) is 2.80. The van der Waals surface area contributed by atoms with Crippen LogP contribution in [0.1, 0.15) is 42.6 Å². The minimum Gasteiger partial charge on any atom is -0.384 e. The Kier molecular flexibility index (Phi) is 4.98. The lowest BCUT2D eigenvalue weighted by Crippen LogP contribution is -2.38. The number of carbonyl (C=O) groups excluding carboxylic acids is 1. The molecular formula is C17H20FNO2. The minimum absolute atomic E-state index is 0.0945. The van der Waals surface area contributed by atoms with Crippen molar-refractivity contribution in [3.8, 4) is 11.8 Å². The molecule has 0 aliphatic carbocycles. The van der Waals surface area contributed by atoms with Crippen molar-refractivity contribution in [3.05, 3.63) is 35.1 Å². The normalized spacial score (nSPS) is 17.8. The van der Waals surface area contributed by atoms with Gasteiger partial charge in [0.15, 0.2) is 0 Å². The first-order valence-corrected chi connectivity index (χ1v) is 7.25. The van der Waals surface area contributed by atoms with Crippen molar-refractivity contribution in [1.82, 2.24) is 4.90 Å². The van der Waals surface area contributed by atoms with Gasteiger partial charge in [-0.2, -0.15) is 0 Å². The summed E-state index contributed by atoms with van der Waals surface area (Å²) < 4.78 is 14.1. The fraction of sp³-hybridized carbons (Fsp3) is 0.471. The molecule has 1 amide bonds. The van der Waals surface area contributed by atoms with Crippen molar-refractivity contribution in [2.75, 3.05) is 13.2 Å². The number of aliphatic hydroxyl groups excluding tert-OH is 1.